The van der Waals surface area contributed by atoms with Crippen molar-refractivity contribution in [2.45, 2.75) is 33.6 Å². The van der Waals surface area contributed by atoms with E-state index in [1.54, 1.807) is 0 Å². The summed E-state index contributed by atoms with van der Waals surface area (Å²) >= 11 is 0. The van der Waals surface area contributed by atoms with Crippen molar-refractivity contribution < 1.29 is 4.79 Å². The fraction of sp³-hybridized carbons (Fsp3) is 0.562. The Hall–Kier alpha value is -1.35. The monoisotopic (exact) mass is 262 g/mol. The maximum absolute atomic E-state index is 12.0. The van der Waals surface area contributed by atoms with Gasteiger partial charge < -0.3 is 11.1 Å². The number of benzene rings is 1. The predicted molar refractivity (Wildman–Crippen MR) is 79.9 cm³/mol. The molecule has 1 unspecified atom stereocenters. The molecular weight excluding hydrogens is 236 g/mol. The van der Waals surface area contributed by atoms with Gasteiger partial charge >= 0.3 is 0 Å². The van der Waals surface area contributed by atoms with Crippen LogP contribution in [0.25, 0.3) is 0 Å². The van der Waals surface area contributed by atoms with Gasteiger partial charge in [0, 0.05) is 13.1 Å². The summed E-state index contributed by atoms with van der Waals surface area (Å²) in [6, 6.07) is 8.37. The summed E-state index contributed by atoms with van der Waals surface area (Å²) in [5, 5.41) is 2.99. The van der Waals surface area contributed by atoms with Crippen LogP contribution in [0.1, 0.15) is 31.4 Å². The van der Waals surface area contributed by atoms with Crippen LogP contribution in [-0.4, -0.2) is 19.0 Å². The summed E-state index contributed by atoms with van der Waals surface area (Å²) in [7, 11) is 0. The van der Waals surface area contributed by atoms with E-state index in [9.17, 15) is 4.79 Å². The van der Waals surface area contributed by atoms with E-state index >= 15 is 0 Å². The standard InChI is InChI=1S/C16H26N2O/c1-12(2)9-15(11-17)16(19)18-8-7-14-6-4-5-13(3)10-14/h4-6,10,12,15H,7-9,11,17H2,1-3H3,(H,18,19). The first kappa shape index (κ1) is 15.7. The van der Waals surface area contributed by atoms with E-state index in [2.05, 4.69) is 44.3 Å². The number of rotatable bonds is 7. The Morgan fingerprint density at radius 2 is 2.11 bits per heavy atom. The van der Waals surface area contributed by atoms with Crippen molar-refractivity contribution in [3.63, 3.8) is 0 Å². The topological polar surface area (TPSA) is 55.1 Å². The van der Waals surface area contributed by atoms with Crippen LogP contribution < -0.4 is 11.1 Å². The van der Waals surface area contributed by atoms with Gasteiger partial charge in [0.05, 0.1) is 5.92 Å². The first-order chi connectivity index (χ1) is 9.02. The molecule has 3 heteroatoms. The van der Waals surface area contributed by atoms with E-state index in [4.69, 9.17) is 5.73 Å². The average molecular weight is 262 g/mol. The van der Waals surface area contributed by atoms with Gasteiger partial charge in [-0.05, 0) is 31.2 Å². The molecule has 0 aromatic heterocycles. The lowest BCUT2D eigenvalue weighted by Gasteiger charge is -2.16. The molecule has 1 atom stereocenters. The number of hydrogen-bond donors (Lipinski definition) is 2. The van der Waals surface area contributed by atoms with Crippen LogP contribution >= 0.6 is 0 Å². The van der Waals surface area contributed by atoms with Gasteiger partial charge in [0.2, 0.25) is 5.91 Å². The zero-order chi connectivity index (χ0) is 14.3. The molecule has 0 aliphatic rings. The molecule has 0 aliphatic carbocycles. The molecule has 0 aliphatic heterocycles. The lowest BCUT2D eigenvalue weighted by atomic mass is 9.96. The molecule has 0 saturated heterocycles. The van der Waals surface area contributed by atoms with Crippen molar-refractivity contribution >= 4 is 5.91 Å². The summed E-state index contributed by atoms with van der Waals surface area (Å²) in [4.78, 5) is 12.0. The molecule has 1 amide bonds. The maximum Gasteiger partial charge on any atom is 0.224 e. The quantitative estimate of drug-likeness (QED) is 0.792. The first-order valence-corrected chi connectivity index (χ1v) is 7.06. The fourth-order valence-corrected chi connectivity index (χ4v) is 2.22. The molecule has 1 rings (SSSR count). The van der Waals surface area contributed by atoms with Gasteiger partial charge in [-0.1, -0.05) is 43.7 Å². The van der Waals surface area contributed by atoms with Crippen molar-refractivity contribution in [3.8, 4) is 0 Å². The van der Waals surface area contributed by atoms with Crippen LogP contribution in [0.3, 0.4) is 0 Å². The van der Waals surface area contributed by atoms with Crippen LogP contribution in [0, 0.1) is 18.8 Å². The zero-order valence-corrected chi connectivity index (χ0v) is 12.3. The highest BCUT2D eigenvalue weighted by Crippen LogP contribution is 2.10. The van der Waals surface area contributed by atoms with Crippen LogP contribution in [0.5, 0.6) is 0 Å². The minimum Gasteiger partial charge on any atom is -0.355 e. The summed E-state index contributed by atoms with van der Waals surface area (Å²) in [6.45, 7) is 7.41. The fourth-order valence-electron chi connectivity index (χ4n) is 2.22. The molecule has 3 N–H and O–H groups in total. The normalized spacial score (nSPS) is 12.5. The second kappa shape index (κ2) is 7.95. The highest BCUT2D eigenvalue weighted by Gasteiger charge is 2.17. The Morgan fingerprint density at radius 3 is 2.68 bits per heavy atom. The highest BCUT2D eigenvalue weighted by molar-refractivity contribution is 5.78. The van der Waals surface area contributed by atoms with Gasteiger partial charge in [0.25, 0.3) is 0 Å². The molecule has 0 spiro atoms. The van der Waals surface area contributed by atoms with E-state index in [1.807, 2.05) is 6.07 Å². The van der Waals surface area contributed by atoms with Crippen molar-refractivity contribution in [2.75, 3.05) is 13.1 Å². The SMILES string of the molecule is Cc1cccc(CCNC(=O)C(CN)CC(C)C)c1. The van der Waals surface area contributed by atoms with E-state index in [0.29, 0.717) is 19.0 Å². The largest absolute Gasteiger partial charge is 0.355 e. The van der Waals surface area contributed by atoms with Gasteiger partial charge in [-0.15, -0.1) is 0 Å². The van der Waals surface area contributed by atoms with Gasteiger partial charge in [-0.25, -0.2) is 0 Å². The van der Waals surface area contributed by atoms with Crippen LogP contribution in [-0.2, 0) is 11.2 Å². The van der Waals surface area contributed by atoms with Gasteiger partial charge in [-0.3, -0.25) is 4.79 Å². The van der Waals surface area contributed by atoms with Gasteiger partial charge in [0.15, 0.2) is 0 Å². The molecule has 0 saturated carbocycles. The number of carbonyl (C=O) groups excluding carboxylic acids is 1. The van der Waals surface area contributed by atoms with Gasteiger partial charge in [-0.2, -0.15) is 0 Å². The molecule has 19 heavy (non-hydrogen) atoms. The van der Waals surface area contributed by atoms with Gasteiger partial charge in [0.1, 0.15) is 0 Å². The number of amides is 1. The Morgan fingerprint density at radius 1 is 1.37 bits per heavy atom. The average Bonchev–Trinajstić information content (AvgIpc) is 2.35. The van der Waals surface area contributed by atoms with E-state index in [1.165, 1.54) is 11.1 Å². The van der Waals surface area contributed by atoms with E-state index in [0.717, 1.165) is 12.8 Å². The summed E-state index contributed by atoms with van der Waals surface area (Å²) in [6.07, 6.45) is 1.72. The molecular formula is C16H26N2O. The maximum atomic E-state index is 12.0. The van der Waals surface area contributed by atoms with Crippen molar-refractivity contribution in [1.29, 1.82) is 0 Å². The molecule has 0 bridgehead atoms. The number of nitrogens with one attached hydrogen (secondary N) is 1. The lowest BCUT2D eigenvalue weighted by Crippen LogP contribution is -2.36. The van der Waals surface area contributed by atoms with Crippen LogP contribution in [0.2, 0.25) is 0 Å². The number of nitrogens with two attached hydrogens (primary N) is 1. The summed E-state index contributed by atoms with van der Waals surface area (Å²) < 4.78 is 0. The van der Waals surface area contributed by atoms with Crippen LogP contribution in [0.4, 0.5) is 0 Å². The lowest BCUT2D eigenvalue weighted by molar-refractivity contribution is -0.125. The molecule has 1 aromatic rings. The molecule has 106 valence electrons. The third-order valence-electron chi connectivity index (χ3n) is 3.21. The van der Waals surface area contributed by atoms with Crippen molar-refractivity contribution in [3.05, 3.63) is 35.4 Å². The smallest absolute Gasteiger partial charge is 0.224 e. The van der Waals surface area contributed by atoms with Crippen molar-refractivity contribution in [1.82, 2.24) is 5.32 Å². The number of hydrogen-bond acceptors (Lipinski definition) is 2. The molecule has 0 fully saturated rings. The minimum atomic E-state index is -0.0579. The Bertz CT molecular complexity index is 401. The molecule has 3 nitrogen and oxygen atoms in total. The predicted octanol–water partition coefficient (Wildman–Crippen LogP) is 2.27. The van der Waals surface area contributed by atoms with Crippen LogP contribution in [0.15, 0.2) is 24.3 Å². The van der Waals surface area contributed by atoms with E-state index < -0.39 is 0 Å². The number of aryl methyl sites for hydroxylation is 1. The highest BCUT2D eigenvalue weighted by atomic mass is 16.1. The Balaban J connectivity index is 2.37. The summed E-state index contributed by atoms with van der Waals surface area (Å²) in [5.74, 6) is 0.525. The third-order valence-corrected chi connectivity index (χ3v) is 3.21. The number of carbonyl (C=O) groups is 1. The Labute approximate surface area is 116 Å². The van der Waals surface area contributed by atoms with Crippen molar-refractivity contribution in [2.24, 2.45) is 17.6 Å². The minimum absolute atomic E-state index is 0.0579. The third kappa shape index (κ3) is 5.88. The molecule has 0 radical (unpaired) electrons. The van der Waals surface area contributed by atoms with E-state index in [-0.39, 0.29) is 11.8 Å². The molecule has 0 heterocycles. The Kier molecular flexibility index (Phi) is 6.57. The molecule has 1 aromatic carbocycles. The second-order valence-corrected chi connectivity index (χ2v) is 5.59. The summed E-state index contributed by atoms with van der Waals surface area (Å²) in [5.41, 5.74) is 8.17. The zero-order valence-electron chi connectivity index (χ0n) is 12.3. The second-order valence-electron chi connectivity index (χ2n) is 5.59. The first-order valence-electron chi connectivity index (χ1n) is 7.06.